The largest absolute Gasteiger partial charge is 0.273 e. The van der Waals surface area contributed by atoms with E-state index in [0.717, 1.165) is 5.01 Å². The maximum Gasteiger partial charge on any atom is 0.245 e. The van der Waals surface area contributed by atoms with Gasteiger partial charge in [-0.2, -0.15) is 5.01 Å². The van der Waals surface area contributed by atoms with Crippen LogP contribution in [0.1, 0.15) is 6.92 Å². The smallest absolute Gasteiger partial charge is 0.245 e. The number of hydrogen-bond donors (Lipinski definition) is 0. The maximum atomic E-state index is 10.6. The zero-order valence-electron chi connectivity index (χ0n) is 5.43. The molecule has 0 unspecified atom stereocenters. The van der Waals surface area contributed by atoms with Crippen LogP contribution in [0, 0.1) is 0 Å². The zero-order chi connectivity index (χ0) is 7.40. The molecule has 0 aromatic carbocycles. The van der Waals surface area contributed by atoms with Gasteiger partial charge in [0.05, 0.1) is 6.21 Å². The number of rotatable bonds is 0. The van der Waals surface area contributed by atoms with Crippen LogP contribution in [-0.4, -0.2) is 17.1 Å². The molecular formula is C5H6N4O. The molecule has 1 rings (SSSR count). The predicted molar refractivity (Wildman–Crippen MR) is 35.0 cm³/mol. The molecule has 0 saturated carbocycles. The standard InChI is InChI=1S/C5H6N4O/c1-5(10)9-4-2-3-6-7-8-9/h2-4H,1H3. The summed E-state index contributed by atoms with van der Waals surface area (Å²) in [6.45, 7) is 1.40. The van der Waals surface area contributed by atoms with Gasteiger partial charge in [0.15, 0.2) is 0 Å². The molecule has 10 heavy (non-hydrogen) atoms. The quantitative estimate of drug-likeness (QED) is 0.486. The van der Waals surface area contributed by atoms with Crippen LogP contribution in [0.3, 0.4) is 0 Å². The van der Waals surface area contributed by atoms with Gasteiger partial charge >= 0.3 is 0 Å². The second-order valence-electron chi connectivity index (χ2n) is 1.65. The fraction of sp³-hybridized carbons (Fsp3) is 0.200. The lowest BCUT2D eigenvalue weighted by Gasteiger charge is -2.02. The van der Waals surface area contributed by atoms with Crippen LogP contribution in [0.15, 0.2) is 27.8 Å². The molecule has 0 aliphatic carbocycles. The van der Waals surface area contributed by atoms with Crippen LogP contribution in [0.5, 0.6) is 0 Å². The van der Waals surface area contributed by atoms with Crippen molar-refractivity contribution < 1.29 is 4.79 Å². The summed E-state index contributed by atoms with van der Waals surface area (Å²) >= 11 is 0. The van der Waals surface area contributed by atoms with E-state index in [9.17, 15) is 4.79 Å². The molecular weight excluding hydrogens is 132 g/mol. The summed E-state index contributed by atoms with van der Waals surface area (Å²) in [5.74, 6) is -0.189. The number of amides is 1. The molecule has 0 atom stereocenters. The van der Waals surface area contributed by atoms with Crippen LogP contribution in [0.2, 0.25) is 0 Å². The van der Waals surface area contributed by atoms with Crippen LogP contribution < -0.4 is 0 Å². The average Bonchev–Trinajstić information content (AvgIpc) is 2.12. The van der Waals surface area contributed by atoms with Crippen molar-refractivity contribution in [2.75, 3.05) is 0 Å². The normalized spacial score (nSPS) is 15.5. The van der Waals surface area contributed by atoms with Crippen LogP contribution in [0.25, 0.3) is 0 Å². The number of hydrogen-bond acceptors (Lipinski definition) is 4. The van der Waals surface area contributed by atoms with Crippen molar-refractivity contribution in [3.8, 4) is 0 Å². The first kappa shape index (κ1) is 6.60. The van der Waals surface area contributed by atoms with E-state index in [-0.39, 0.29) is 5.91 Å². The number of nitrogens with zero attached hydrogens (tertiary/aromatic N) is 4. The third-order valence-electron chi connectivity index (χ3n) is 0.891. The Bertz CT molecular complexity index is 202. The highest BCUT2D eigenvalue weighted by Crippen LogP contribution is 1.96. The highest BCUT2D eigenvalue weighted by Gasteiger charge is 2.01. The summed E-state index contributed by atoms with van der Waals surface area (Å²) in [7, 11) is 0. The molecule has 0 saturated heterocycles. The van der Waals surface area contributed by atoms with E-state index in [1.165, 1.54) is 19.3 Å². The van der Waals surface area contributed by atoms with Gasteiger partial charge in [0.25, 0.3) is 0 Å². The molecule has 0 bridgehead atoms. The summed E-state index contributed by atoms with van der Waals surface area (Å²) in [5.41, 5.74) is 0. The Labute approximate surface area is 57.7 Å². The molecule has 5 heteroatoms. The van der Waals surface area contributed by atoms with Gasteiger partial charge < -0.3 is 0 Å². The van der Waals surface area contributed by atoms with E-state index in [1.54, 1.807) is 6.08 Å². The molecule has 5 nitrogen and oxygen atoms in total. The van der Waals surface area contributed by atoms with Crippen molar-refractivity contribution in [2.24, 2.45) is 15.5 Å². The fourth-order valence-electron chi connectivity index (χ4n) is 0.452. The Balaban J connectivity index is 2.72. The molecule has 0 aromatic rings. The van der Waals surface area contributed by atoms with Crippen molar-refractivity contribution in [3.05, 3.63) is 12.3 Å². The van der Waals surface area contributed by atoms with Gasteiger partial charge in [0, 0.05) is 13.1 Å². The van der Waals surface area contributed by atoms with Gasteiger partial charge in [0.2, 0.25) is 5.91 Å². The minimum atomic E-state index is -0.189. The van der Waals surface area contributed by atoms with Crippen molar-refractivity contribution >= 4 is 12.1 Å². The van der Waals surface area contributed by atoms with Gasteiger partial charge in [-0.1, -0.05) is 0 Å². The first-order chi connectivity index (χ1) is 4.80. The minimum absolute atomic E-state index is 0.189. The lowest BCUT2D eigenvalue weighted by atomic mass is 10.6. The predicted octanol–water partition coefficient (Wildman–Crippen LogP) is 0.715. The van der Waals surface area contributed by atoms with Crippen molar-refractivity contribution in [2.45, 2.75) is 6.92 Å². The average molecular weight is 138 g/mol. The molecule has 0 fully saturated rings. The Hall–Kier alpha value is -1.52. The summed E-state index contributed by atoms with van der Waals surface area (Å²) in [6.07, 6.45) is 4.52. The number of allylic oxidation sites excluding steroid dienone is 1. The third-order valence-corrected chi connectivity index (χ3v) is 0.891. The Morgan fingerprint density at radius 2 is 2.40 bits per heavy atom. The molecule has 0 aromatic heterocycles. The van der Waals surface area contributed by atoms with Crippen molar-refractivity contribution in [3.63, 3.8) is 0 Å². The summed E-state index contributed by atoms with van der Waals surface area (Å²) in [5, 5.41) is 11.3. The third kappa shape index (κ3) is 1.48. The lowest BCUT2D eigenvalue weighted by molar-refractivity contribution is -0.126. The summed E-state index contributed by atoms with van der Waals surface area (Å²) in [4.78, 5) is 10.6. The molecule has 0 radical (unpaired) electrons. The van der Waals surface area contributed by atoms with Gasteiger partial charge in [-0.25, -0.2) is 0 Å². The molecule has 1 aliphatic heterocycles. The second-order valence-corrected chi connectivity index (χ2v) is 1.65. The van der Waals surface area contributed by atoms with Crippen LogP contribution in [-0.2, 0) is 4.79 Å². The van der Waals surface area contributed by atoms with E-state index in [1.807, 2.05) is 0 Å². The van der Waals surface area contributed by atoms with Gasteiger partial charge in [-0.05, 0) is 16.5 Å². The molecule has 1 aliphatic rings. The summed E-state index contributed by atoms with van der Waals surface area (Å²) in [6, 6.07) is 0. The minimum Gasteiger partial charge on any atom is -0.273 e. The van der Waals surface area contributed by atoms with Gasteiger partial charge in [0.1, 0.15) is 0 Å². The Kier molecular flexibility index (Phi) is 1.89. The van der Waals surface area contributed by atoms with Gasteiger partial charge in [-0.15, -0.1) is 5.10 Å². The second kappa shape index (κ2) is 2.86. The number of carbonyl (C=O) groups excluding carboxylic acids is 1. The van der Waals surface area contributed by atoms with E-state index < -0.39 is 0 Å². The number of carbonyl (C=O) groups is 1. The van der Waals surface area contributed by atoms with E-state index in [4.69, 9.17) is 0 Å². The van der Waals surface area contributed by atoms with Gasteiger partial charge in [-0.3, -0.25) is 4.79 Å². The SMILES string of the molecule is CC(=O)N1C=CC=NN=N1. The lowest BCUT2D eigenvalue weighted by Crippen LogP contribution is -2.14. The van der Waals surface area contributed by atoms with E-state index in [0.29, 0.717) is 0 Å². The first-order valence-corrected chi connectivity index (χ1v) is 2.71. The summed E-state index contributed by atoms with van der Waals surface area (Å²) < 4.78 is 0. The monoisotopic (exact) mass is 138 g/mol. The van der Waals surface area contributed by atoms with E-state index >= 15 is 0 Å². The highest BCUT2D eigenvalue weighted by molar-refractivity contribution is 5.76. The fourth-order valence-corrected chi connectivity index (χ4v) is 0.452. The maximum absolute atomic E-state index is 10.6. The van der Waals surface area contributed by atoms with Crippen molar-refractivity contribution in [1.29, 1.82) is 0 Å². The molecule has 52 valence electrons. The topological polar surface area (TPSA) is 57.4 Å². The Morgan fingerprint density at radius 1 is 1.60 bits per heavy atom. The highest BCUT2D eigenvalue weighted by atomic mass is 16.2. The molecule has 1 heterocycles. The van der Waals surface area contributed by atoms with E-state index in [2.05, 4.69) is 15.5 Å². The van der Waals surface area contributed by atoms with Crippen molar-refractivity contribution in [1.82, 2.24) is 5.01 Å². The molecule has 0 N–H and O–H groups in total. The zero-order valence-corrected chi connectivity index (χ0v) is 5.43. The Morgan fingerprint density at radius 3 is 3.10 bits per heavy atom. The first-order valence-electron chi connectivity index (χ1n) is 2.71. The molecule has 0 spiro atoms. The molecule has 1 amide bonds. The van der Waals surface area contributed by atoms with Crippen LogP contribution >= 0.6 is 0 Å². The van der Waals surface area contributed by atoms with Crippen LogP contribution in [0.4, 0.5) is 0 Å².